The van der Waals surface area contributed by atoms with Gasteiger partial charge in [-0.05, 0) is 6.07 Å². The van der Waals surface area contributed by atoms with Gasteiger partial charge in [-0.3, -0.25) is 0 Å². The Morgan fingerprint density at radius 1 is 1.47 bits per heavy atom. The van der Waals surface area contributed by atoms with E-state index in [4.69, 9.17) is 9.84 Å². The van der Waals surface area contributed by atoms with Gasteiger partial charge in [0.1, 0.15) is 24.0 Å². The van der Waals surface area contributed by atoms with Crippen LogP contribution in [0.25, 0.3) is 0 Å². The SMILES string of the molecule is COc1ccc(Cn2ccnc2CO)c(F)c1. The number of hydrogen-bond acceptors (Lipinski definition) is 3. The van der Waals surface area contributed by atoms with E-state index < -0.39 is 0 Å². The average molecular weight is 236 g/mol. The quantitative estimate of drug-likeness (QED) is 0.876. The second kappa shape index (κ2) is 4.97. The van der Waals surface area contributed by atoms with Gasteiger partial charge in [-0.15, -0.1) is 0 Å². The molecule has 0 aliphatic rings. The van der Waals surface area contributed by atoms with E-state index in [1.54, 1.807) is 29.1 Å². The number of aliphatic hydroxyl groups excluding tert-OH is 1. The van der Waals surface area contributed by atoms with Gasteiger partial charge in [0.15, 0.2) is 0 Å². The minimum atomic E-state index is -0.332. The van der Waals surface area contributed by atoms with Gasteiger partial charge in [0.25, 0.3) is 0 Å². The highest BCUT2D eigenvalue weighted by molar-refractivity contribution is 5.29. The molecule has 1 N–H and O–H groups in total. The third-order valence-electron chi connectivity index (χ3n) is 2.54. The van der Waals surface area contributed by atoms with Crippen LogP contribution < -0.4 is 4.74 Å². The number of hydrogen-bond donors (Lipinski definition) is 1. The second-order valence-electron chi connectivity index (χ2n) is 3.59. The number of nitrogens with zero attached hydrogens (tertiary/aromatic N) is 2. The fourth-order valence-corrected chi connectivity index (χ4v) is 1.60. The van der Waals surface area contributed by atoms with Crippen LogP contribution in [0.15, 0.2) is 30.6 Å². The maximum absolute atomic E-state index is 13.7. The van der Waals surface area contributed by atoms with Crippen molar-refractivity contribution >= 4 is 0 Å². The zero-order valence-corrected chi connectivity index (χ0v) is 9.43. The van der Waals surface area contributed by atoms with Gasteiger partial charge < -0.3 is 14.4 Å². The lowest BCUT2D eigenvalue weighted by atomic mass is 10.2. The maximum Gasteiger partial charge on any atom is 0.134 e. The summed E-state index contributed by atoms with van der Waals surface area (Å²) >= 11 is 0. The second-order valence-corrected chi connectivity index (χ2v) is 3.59. The highest BCUT2D eigenvalue weighted by Gasteiger charge is 2.07. The normalized spacial score (nSPS) is 10.5. The van der Waals surface area contributed by atoms with Crippen LogP contribution in [0, 0.1) is 5.82 Å². The molecule has 5 heteroatoms. The molecule has 0 atom stereocenters. The van der Waals surface area contributed by atoms with E-state index in [2.05, 4.69) is 4.98 Å². The molecule has 0 aliphatic carbocycles. The summed E-state index contributed by atoms with van der Waals surface area (Å²) in [6.45, 7) is 0.177. The highest BCUT2D eigenvalue weighted by Crippen LogP contribution is 2.17. The minimum Gasteiger partial charge on any atom is -0.497 e. The molecule has 0 saturated carbocycles. The molecule has 1 aromatic carbocycles. The standard InChI is InChI=1S/C12H13FN2O2/c1-17-10-3-2-9(11(13)6-10)7-15-5-4-14-12(15)8-16/h2-6,16H,7-8H2,1H3. The third kappa shape index (κ3) is 2.45. The first-order valence-corrected chi connectivity index (χ1v) is 5.18. The Morgan fingerprint density at radius 2 is 2.29 bits per heavy atom. The number of imidazole rings is 1. The van der Waals surface area contributed by atoms with Gasteiger partial charge in [-0.25, -0.2) is 9.37 Å². The summed E-state index contributed by atoms with van der Waals surface area (Å²) < 4.78 is 20.3. The monoisotopic (exact) mass is 236 g/mol. The Labute approximate surface area is 98.3 Å². The van der Waals surface area contributed by atoms with E-state index in [1.165, 1.54) is 13.2 Å². The summed E-state index contributed by atoms with van der Waals surface area (Å²) in [7, 11) is 1.49. The van der Waals surface area contributed by atoms with Gasteiger partial charge in [-0.2, -0.15) is 0 Å². The summed E-state index contributed by atoms with van der Waals surface area (Å²) in [5.74, 6) is 0.668. The molecular formula is C12H13FN2O2. The first-order chi connectivity index (χ1) is 8.24. The van der Waals surface area contributed by atoms with E-state index in [0.29, 0.717) is 23.7 Å². The molecule has 17 heavy (non-hydrogen) atoms. The molecule has 0 aliphatic heterocycles. The predicted molar refractivity (Wildman–Crippen MR) is 60.2 cm³/mol. The largest absolute Gasteiger partial charge is 0.497 e. The van der Waals surface area contributed by atoms with Crippen molar-refractivity contribution in [3.8, 4) is 5.75 Å². The molecule has 0 amide bonds. The summed E-state index contributed by atoms with van der Waals surface area (Å²) in [6, 6.07) is 4.70. The van der Waals surface area contributed by atoms with E-state index >= 15 is 0 Å². The van der Waals surface area contributed by atoms with Crippen LogP contribution in [0.5, 0.6) is 5.75 Å². The first kappa shape index (κ1) is 11.6. The molecule has 0 spiro atoms. The molecule has 2 rings (SSSR count). The number of benzene rings is 1. The van der Waals surface area contributed by atoms with E-state index in [9.17, 15) is 4.39 Å². The fraction of sp³-hybridized carbons (Fsp3) is 0.250. The van der Waals surface area contributed by atoms with Crippen LogP contribution in [0.2, 0.25) is 0 Å². The number of rotatable bonds is 4. The van der Waals surface area contributed by atoms with Gasteiger partial charge >= 0.3 is 0 Å². The number of ether oxygens (including phenoxy) is 1. The Balaban J connectivity index is 2.24. The van der Waals surface area contributed by atoms with Crippen LogP contribution in [0.1, 0.15) is 11.4 Å². The first-order valence-electron chi connectivity index (χ1n) is 5.18. The van der Waals surface area contributed by atoms with E-state index in [1.807, 2.05) is 0 Å². The van der Waals surface area contributed by atoms with Gasteiger partial charge in [-0.1, -0.05) is 6.07 Å². The van der Waals surface area contributed by atoms with Crippen LogP contribution >= 0.6 is 0 Å². The van der Waals surface area contributed by atoms with Crippen molar-refractivity contribution in [3.05, 3.63) is 47.8 Å². The van der Waals surface area contributed by atoms with Crippen molar-refractivity contribution in [1.82, 2.24) is 9.55 Å². The Hall–Kier alpha value is -1.88. The van der Waals surface area contributed by atoms with Crippen molar-refractivity contribution in [2.45, 2.75) is 13.2 Å². The zero-order chi connectivity index (χ0) is 12.3. The molecule has 0 unspecified atom stereocenters. The fourth-order valence-electron chi connectivity index (χ4n) is 1.60. The average Bonchev–Trinajstić information content (AvgIpc) is 2.79. The summed E-state index contributed by atoms with van der Waals surface area (Å²) in [5.41, 5.74) is 0.526. The Kier molecular flexibility index (Phi) is 3.39. The molecule has 2 aromatic rings. The minimum absolute atomic E-state index is 0.162. The van der Waals surface area contributed by atoms with Crippen molar-refractivity contribution in [3.63, 3.8) is 0 Å². The van der Waals surface area contributed by atoms with Crippen LogP contribution in [0.4, 0.5) is 4.39 Å². The molecule has 0 radical (unpaired) electrons. The summed E-state index contributed by atoms with van der Waals surface area (Å²) in [6.07, 6.45) is 3.28. The number of aromatic nitrogens is 2. The van der Waals surface area contributed by atoms with E-state index in [0.717, 1.165) is 0 Å². The number of methoxy groups -OCH3 is 1. The Morgan fingerprint density at radius 3 is 2.94 bits per heavy atom. The Bertz CT molecular complexity index is 511. The van der Waals surface area contributed by atoms with Gasteiger partial charge in [0, 0.05) is 24.0 Å². The number of halogens is 1. The van der Waals surface area contributed by atoms with Crippen molar-refractivity contribution in [2.24, 2.45) is 0 Å². The van der Waals surface area contributed by atoms with E-state index in [-0.39, 0.29) is 12.4 Å². The molecule has 4 nitrogen and oxygen atoms in total. The lowest BCUT2D eigenvalue weighted by Gasteiger charge is -2.08. The van der Waals surface area contributed by atoms with Gasteiger partial charge in [0.05, 0.1) is 13.7 Å². The summed E-state index contributed by atoms with van der Waals surface area (Å²) in [5, 5.41) is 9.04. The van der Waals surface area contributed by atoms with Crippen LogP contribution in [-0.2, 0) is 13.2 Å². The smallest absolute Gasteiger partial charge is 0.134 e. The van der Waals surface area contributed by atoms with Crippen LogP contribution in [0.3, 0.4) is 0 Å². The zero-order valence-electron chi connectivity index (χ0n) is 9.43. The molecular weight excluding hydrogens is 223 g/mol. The number of aliphatic hydroxyl groups is 1. The lowest BCUT2D eigenvalue weighted by Crippen LogP contribution is -2.05. The van der Waals surface area contributed by atoms with Crippen molar-refractivity contribution in [2.75, 3.05) is 7.11 Å². The topological polar surface area (TPSA) is 47.3 Å². The van der Waals surface area contributed by atoms with Crippen molar-refractivity contribution < 1.29 is 14.2 Å². The highest BCUT2D eigenvalue weighted by atomic mass is 19.1. The summed E-state index contributed by atoms with van der Waals surface area (Å²) in [4.78, 5) is 3.96. The maximum atomic E-state index is 13.7. The molecule has 1 aromatic heterocycles. The van der Waals surface area contributed by atoms with Crippen molar-refractivity contribution in [1.29, 1.82) is 0 Å². The molecule has 0 saturated heterocycles. The molecule has 90 valence electrons. The lowest BCUT2D eigenvalue weighted by molar-refractivity contribution is 0.266. The van der Waals surface area contributed by atoms with Crippen LogP contribution in [-0.4, -0.2) is 21.8 Å². The molecule has 0 fully saturated rings. The predicted octanol–water partition coefficient (Wildman–Crippen LogP) is 1.57. The third-order valence-corrected chi connectivity index (χ3v) is 2.54. The molecule has 0 bridgehead atoms. The van der Waals surface area contributed by atoms with Gasteiger partial charge in [0.2, 0.25) is 0 Å². The molecule has 1 heterocycles.